The molecule has 0 amide bonds. The molecule has 5 nitrogen and oxygen atoms in total. The van der Waals surface area contributed by atoms with Gasteiger partial charge in [0.2, 0.25) is 0 Å². The Morgan fingerprint density at radius 3 is 2.24 bits per heavy atom. The van der Waals surface area contributed by atoms with E-state index in [-0.39, 0.29) is 10.5 Å². The highest BCUT2D eigenvalue weighted by atomic mass is 32.2. The number of benzene rings is 2. The molecule has 0 fully saturated rings. The van der Waals surface area contributed by atoms with Gasteiger partial charge in [0.1, 0.15) is 0 Å². The largest absolute Gasteiger partial charge is 0.465 e. The third kappa shape index (κ3) is 3.05. The molecule has 0 spiro atoms. The minimum Gasteiger partial charge on any atom is -0.465 e. The standard InChI is InChI=1S/C15H15NO4S/c1-20-15(17)13-5-3-4-12(14(13)16)10-6-8-11(9-7-10)21(2,18)19/h3-9H,16H2,1-2H3. The van der Waals surface area contributed by atoms with Gasteiger partial charge in [-0.05, 0) is 23.8 Å². The van der Waals surface area contributed by atoms with Gasteiger partial charge in [-0.2, -0.15) is 0 Å². The first kappa shape index (κ1) is 15.1. The lowest BCUT2D eigenvalue weighted by Crippen LogP contribution is -2.06. The molecule has 0 radical (unpaired) electrons. The maximum Gasteiger partial charge on any atom is 0.339 e. The Labute approximate surface area is 123 Å². The summed E-state index contributed by atoms with van der Waals surface area (Å²) in [6, 6.07) is 11.4. The second kappa shape index (κ2) is 5.57. The van der Waals surface area contributed by atoms with Crippen LogP contribution in [0.25, 0.3) is 11.1 Å². The molecular formula is C15H15NO4S. The summed E-state index contributed by atoms with van der Waals surface area (Å²) < 4.78 is 27.6. The predicted molar refractivity (Wildman–Crippen MR) is 80.7 cm³/mol. The fraction of sp³-hybridized carbons (Fsp3) is 0.133. The summed E-state index contributed by atoms with van der Waals surface area (Å²) in [5.74, 6) is -0.512. The average molecular weight is 305 g/mol. The third-order valence-corrected chi connectivity index (χ3v) is 4.23. The summed E-state index contributed by atoms with van der Waals surface area (Å²) in [4.78, 5) is 11.9. The number of ether oxygens (including phenoxy) is 1. The van der Waals surface area contributed by atoms with E-state index >= 15 is 0 Å². The van der Waals surface area contributed by atoms with Crippen LogP contribution < -0.4 is 5.73 Å². The van der Waals surface area contributed by atoms with Gasteiger partial charge >= 0.3 is 5.97 Å². The minimum absolute atomic E-state index is 0.231. The maximum atomic E-state index is 11.6. The van der Waals surface area contributed by atoms with Gasteiger partial charge in [0.15, 0.2) is 9.84 Å². The molecule has 0 atom stereocenters. The summed E-state index contributed by atoms with van der Waals surface area (Å²) in [7, 11) is -1.96. The molecule has 0 aliphatic carbocycles. The first-order valence-corrected chi connectivity index (χ1v) is 8.01. The van der Waals surface area contributed by atoms with Gasteiger partial charge in [-0.25, -0.2) is 13.2 Å². The Morgan fingerprint density at radius 1 is 1.10 bits per heavy atom. The van der Waals surface area contributed by atoms with Gasteiger partial charge in [-0.15, -0.1) is 0 Å². The summed E-state index contributed by atoms with van der Waals surface area (Å²) in [5, 5.41) is 0. The fourth-order valence-electron chi connectivity index (χ4n) is 1.99. The topological polar surface area (TPSA) is 86.5 Å². The van der Waals surface area contributed by atoms with Crippen molar-refractivity contribution in [3.05, 3.63) is 48.0 Å². The van der Waals surface area contributed by atoms with Crippen molar-refractivity contribution in [1.82, 2.24) is 0 Å². The second-order valence-electron chi connectivity index (χ2n) is 4.55. The van der Waals surface area contributed by atoms with Gasteiger partial charge in [0.25, 0.3) is 0 Å². The molecule has 2 N–H and O–H groups in total. The molecule has 21 heavy (non-hydrogen) atoms. The monoisotopic (exact) mass is 305 g/mol. The van der Waals surface area contributed by atoms with Crippen LogP contribution in [0.15, 0.2) is 47.4 Å². The van der Waals surface area contributed by atoms with Crippen molar-refractivity contribution in [1.29, 1.82) is 0 Å². The van der Waals surface area contributed by atoms with Crippen LogP contribution in [-0.2, 0) is 14.6 Å². The molecule has 6 heteroatoms. The number of anilines is 1. The van der Waals surface area contributed by atoms with Crippen molar-refractivity contribution < 1.29 is 17.9 Å². The quantitative estimate of drug-likeness (QED) is 0.693. The fourth-order valence-corrected chi connectivity index (χ4v) is 2.62. The van der Waals surface area contributed by atoms with E-state index < -0.39 is 15.8 Å². The van der Waals surface area contributed by atoms with E-state index in [0.29, 0.717) is 11.3 Å². The molecule has 0 aliphatic heterocycles. The van der Waals surface area contributed by atoms with E-state index in [1.807, 2.05) is 0 Å². The summed E-state index contributed by atoms with van der Waals surface area (Å²) in [6.45, 7) is 0. The van der Waals surface area contributed by atoms with Crippen molar-refractivity contribution >= 4 is 21.5 Å². The molecule has 110 valence electrons. The Bertz CT molecular complexity index is 780. The SMILES string of the molecule is COC(=O)c1cccc(-c2ccc(S(C)(=O)=O)cc2)c1N. The summed E-state index contributed by atoms with van der Waals surface area (Å²) >= 11 is 0. The minimum atomic E-state index is -3.24. The van der Waals surface area contributed by atoms with Crippen molar-refractivity contribution in [3.63, 3.8) is 0 Å². The number of carbonyl (C=O) groups is 1. The van der Waals surface area contributed by atoms with E-state index in [1.165, 1.54) is 19.2 Å². The second-order valence-corrected chi connectivity index (χ2v) is 6.57. The number of rotatable bonds is 3. The molecule has 0 aliphatic rings. The molecule has 2 aromatic carbocycles. The number of para-hydroxylation sites is 1. The van der Waals surface area contributed by atoms with E-state index in [0.717, 1.165) is 11.8 Å². The first-order chi connectivity index (χ1) is 9.84. The predicted octanol–water partition coefficient (Wildman–Crippen LogP) is 2.13. The number of hydrogen-bond acceptors (Lipinski definition) is 5. The Kier molecular flexibility index (Phi) is 3.99. The number of nitrogen functional groups attached to an aromatic ring is 1. The normalized spacial score (nSPS) is 11.1. The van der Waals surface area contributed by atoms with Crippen LogP contribution in [0.2, 0.25) is 0 Å². The van der Waals surface area contributed by atoms with Gasteiger partial charge < -0.3 is 10.5 Å². The van der Waals surface area contributed by atoms with E-state index in [1.54, 1.807) is 30.3 Å². The lowest BCUT2D eigenvalue weighted by Gasteiger charge is -2.10. The molecule has 0 bridgehead atoms. The summed E-state index contributed by atoms with van der Waals surface area (Å²) in [5.41, 5.74) is 7.96. The zero-order chi connectivity index (χ0) is 15.6. The Hall–Kier alpha value is -2.34. The van der Waals surface area contributed by atoms with Gasteiger partial charge in [0, 0.05) is 11.8 Å². The number of sulfone groups is 1. The highest BCUT2D eigenvalue weighted by Gasteiger charge is 2.14. The van der Waals surface area contributed by atoms with E-state index in [9.17, 15) is 13.2 Å². The molecule has 0 unspecified atom stereocenters. The number of hydrogen-bond donors (Lipinski definition) is 1. The first-order valence-electron chi connectivity index (χ1n) is 6.12. The number of carbonyl (C=O) groups excluding carboxylic acids is 1. The Balaban J connectivity index is 2.50. The molecular weight excluding hydrogens is 290 g/mol. The van der Waals surface area contributed by atoms with Crippen LogP contribution in [0.3, 0.4) is 0 Å². The van der Waals surface area contributed by atoms with Crippen LogP contribution in [-0.4, -0.2) is 27.8 Å². The lowest BCUT2D eigenvalue weighted by atomic mass is 10.0. The highest BCUT2D eigenvalue weighted by molar-refractivity contribution is 7.90. The molecule has 0 heterocycles. The van der Waals surface area contributed by atoms with E-state index in [2.05, 4.69) is 4.74 Å². The smallest absolute Gasteiger partial charge is 0.339 e. The zero-order valence-electron chi connectivity index (χ0n) is 11.7. The molecule has 0 saturated heterocycles. The number of nitrogens with two attached hydrogens (primary N) is 1. The Morgan fingerprint density at radius 2 is 1.71 bits per heavy atom. The van der Waals surface area contributed by atoms with Crippen LogP contribution in [0.1, 0.15) is 10.4 Å². The molecule has 0 saturated carbocycles. The number of esters is 1. The van der Waals surface area contributed by atoms with Crippen molar-refractivity contribution in [3.8, 4) is 11.1 Å². The lowest BCUT2D eigenvalue weighted by molar-refractivity contribution is 0.0602. The zero-order valence-corrected chi connectivity index (χ0v) is 12.5. The average Bonchev–Trinajstić information content (AvgIpc) is 2.46. The molecule has 0 aromatic heterocycles. The highest BCUT2D eigenvalue weighted by Crippen LogP contribution is 2.29. The maximum absolute atomic E-state index is 11.6. The van der Waals surface area contributed by atoms with Gasteiger partial charge in [-0.1, -0.05) is 24.3 Å². The van der Waals surface area contributed by atoms with Crippen LogP contribution in [0, 0.1) is 0 Å². The summed E-state index contributed by atoms with van der Waals surface area (Å²) in [6.07, 6.45) is 1.15. The molecule has 2 rings (SSSR count). The van der Waals surface area contributed by atoms with Crippen LogP contribution >= 0.6 is 0 Å². The van der Waals surface area contributed by atoms with Crippen molar-refractivity contribution in [2.45, 2.75) is 4.90 Å². The number of methoxy groups -OCH3 is 1. The van der Waals surface area contributed by atoms with Crippen molar-refractivity contribution in [2.75, 3.05) is 19.1 Å². The van der Waals surface area contributed by atoms with Crippen LogP contribution in [0.5, 0.6) is 0 Å². The van der Waals surface area contributed by atoms with Gasteiger partial charge in [0.05, 0.1) is 23.3 Å². The van der Waals surface area contributed by atoms with Crippen molar-refractivity contribution in [2.24, 2.45) is 0 Å². The van der Waals surface area contributed by atoms with E-state index in [4.69, 9.17) is 5.73 Å². The van der Waals surface area contributed by atoms with Crippen LogP contribution in [0.4, 0.5) is 5.69 Å². The molecule has 2 aromatic rings. The third-order valence-electron chi connectivity index (χ3n) is 3.10. The van der Waals surface area contributed by atoms with Gasteiger partial charge in [-0.3, -0.25) is 0 Å².